The number of hydrogen-bond acceptors (Lipinski definition) is 9. The van der Waals surface area contributed by atoms with E-state index in [1.54, 1.807) is 12.2 Å². The third-order valence-electron chi connectivity index (χ3n) is 11.2. The maximum absolute atomic E-state index is 13.4. The number of benzene rings is 1. The van der Waals surface area contributed by atoms with Crippen molar-refractivity contribution in [2.24, 2.45) is 35.5 Å². The molecule has 0 aromatic heterocycles. The molecule has 282 valence electrons. The van der Waals surface area contributed by atoms with Crippen molar-refractivity contribution in [2.75, 3.05) is 39.3 Å². The summed E-state index contributed by atoms with van der Waals surface area (Å²) in [5.41, 5.74) is 1.38. The molecule has 3 aliphatic rings. The van der Waals surface area contributed by atoms with E-state index in [2.05, 4.69) is 29.7 Å². The van der Waals surface area contributed by atoms with Crippen LogP contribution in [0.2, 0.25) is 0 Å². The fraction of sp³-hybridized carbons (Fsp3) is 0.683. The number of ether oxygens (including phenoxy) is 2. The molecule has 2 N–H and O–H groups in total. The van der Waals surface area contributed by atoms with Gasteiger partial charge in [0.05, 0.1) is 36.2 Å². The van der Waals surface area contributed by atoms with Crippen molar-refractivity contribution in [3.8, 4) is 6.07 Å². The van der Waals surface area contributed by atoms with Gasteiger partial charge in [0.15, 0.2) is 0 Å². The Hall–Kier alpha value is -3.10. The number of aliphatic hydroxyl groups excluding tert-OH is 2. The average Bonchev–Trinajstić information content (AvgIpc) is 3.59. The quantitative estimate of drug-likeness (QED) is 0.326. The lowest BCUT2D eigenvalue weighted by Crippen LogP contribution is -2.47. The van der Waals surface area contributed by atoms with E-state index < -0.39 is 30.2 Å². The molecule has 0 spiro atoms. The Kier molecular flexibility index (Phi) is 16.1. The number of aliphatic hydroxyl groups is 2. The van der Waals surface area contributed by atoms with E-state index in [0.717, 1.165) is 64.0 Å². The van der Waals surface area contributed by atoms with Gasteiger partial charge in [-0.2, -0.15) is 5.26 Å². The van der Waals surface area contributed by atoms with Gasteiger partial charge in [-0.3, -0.25) is 19.4 Å². The van der Waals surface area contributed by atoms with Crippen LogP contribution < -0.4 is 0 Å². The van der Waals surface area contributed by atoms with Crippen molar-refractivity contribution in [3.05, 3.63) is 59.4 Å². The molecule has 1 aromatic carbocycles. The lowest BCUT2D eigenvalue weighted by molar-refractivity contribution is -0.161. The molecule has 51 heavy (non-hydrogen) atoms. The van der Waals surface area contributed by atoms with E-state index in [1.165, 1.54) is 12.1 Å². The minimum Gasteiger partial charge on any atom is -0.464 e. The number of carbonyl (C=O) groups excluding carboxylic acids is 2. The Morgan fingerprint density at radius 2 is 1.65 bits per heavy atom. The van der Waals surface area contributed by atoms with Crippen LogP contribution in [0.1, 0.15) is 84.6 Å². The monoisotopic (exact) mass is 709 g/mol. The van der Waals surface area contributed by atoms with Gasteiger partial charge < -0.3 is 19.7 Å². The van der Waals surface area contributed by atoms with Gasteiger partial charge in [0, 0.05) is 51.6 Å². The van der Waals surface area contributed by atoms with Gasteiger partial charge in [0.1, 0.15) is 18.5 Å². The first-order valence-corrected chi connectivity index (χ1v) is 19.1. The Balaban J connectivity index is 1.36. The molecule has 9 nitrogen and oxygen atoms in total. The van der Waals surface area contributed by atoms with Crippen molar-refractivity contribution in [1.29, 1.82) is 5.26 Å². The molecular formula is C41H60FN3O6. The first-order valence-electron chi connectivity index (χ1n) is 19.1. The van der Waals surface area contributed by atoms with Crippen LogP contribution in [0.3, 0.4) is 0 Å². The van der Waals surface area contributed by atoms with Crippen LogP contribution in [0, 0.1) is 52.7 Å². The molecule has 1 aliphatic carbocycles. The second-order valence-corrected chi connectivity index (χ2v) is 15.6. The number of allylic oxidation sites excluding steroid dienone is 2. The van der Waals surface area contributed by atoms with E-state index in [9.17, 15) is 29.5 Å². The number of carbonyl (C=O) groups is 2. The molecule has 0 bridgehead atoms. The minimum atomic E-state index is -0.884. The van der Waals surface area contributed by atoms with Crippen LogP contribution in [-0.4, -0.2) is 89.6 Å². The zero-order valence-electron chi connectivity index (χ0n) is 31.1. The number of rotatable bonds is 7. The van der Waals surface area contributed by atoms with Gasteiger partial charge in [0.2, 0.25) is 0 Å². The van der Waals surface area contributed by atoms with E-state index in [0.29, 0.717) is 43.2 Å². The van der Waals surface area contributed by atoms with Crippen molar-refractivity contribution in [2.45, 2.75) is 104 Å². The number of halogens is 1. The van der Waals surface area contributed by atoms with Gasteiger partial charge in [-0.05, 0) is 79.5 Å². The first-order chi connectivity index (χ1) is 24.4. The van der Waals surface area contributed by atoms with Gasteiger partial charge in [-0.15, -0.1) is 0 Å². The summed E-state index contributed by atoms with van der Waals surface area (Å²) in [4.78, 5) is 31.3. The van der Waals surface area contributed by atoms with Crippen LogP contribution in [0.4, 0.5) is 4.39 Å². The van der Waals surface area contributed by atoms with Crippen LogP contribution in [0.5, 0.6) is 0 Å². The van der Waals surface area contributed by atoms with Gasteiger partial charge in [-0.1, -0.05) is 58.4 Å². The number of nitrogens with zero attached hydrogens (tertiary/aromatic N) is 3. The molecule has 1 saturated carbocycles. The van der Waals surface area contributed by atoms with Crippen LogP contribution in [0.25, 0.3) is 0 Å². The molecule has 0 radical (unpaired) electrons. The number of cyclic esters (lactones) is 1. The summed E-state index contributed by atoms with van der Waals surface area (Å²) in [5.74, 6) is -1.16. The molecule has 0 amide bonds. The zero-order chi connectivity index (χ0) is 36.9. The highest BCUT2D eigenvalue weighted by molar-refractivity contribution is 5.74. The number of piperazine rings is 1. The van der Waals surface area contributed by atoms with Crippen molar-refractivity contribution < 1.29 is 33.7 Å². The molecule has 4 rings (SSSR count). The Morgan fingerprint density at radius 1 is 0.980 bits per heavy atom. The Morgan fingerprint density at radius 3 is 2.33 bits per heavy atom. The molecule has 2 heterocycles. The van der Waals surface area contributed by atoms with E-state index in [-0.39, 0.29) is 42.6 Å². The summed E-state index contributed by atoms with van der Waals surface area (Å²) in [5, 5.41) is 31.8. The predicted octanol–water partition coefficient (Wildman–Crippen LogP) is 6.05. The lowest BCUT2D eigenvalue weighted by Gasteiger charge is -2.34. The molecular weight excluding hydrogens is 649 g/mol. The highest BCUT2D eigenvalue weighted by Crippen LogP contribution is 2.38. The standard InChI is InChI=1S/C41H60FN3O6/c1-28-22-29(2)24-31(4)40(48)33(26-43)8-5-6-11-38(51-39(47)25-37(46)30(3)23-28)35-9-7-10-36(35)41(49)50-21-20-44-16-18-45(19-17-44)27-32-12-14-34(42)15-13-32/h5-6,8,12-15,28-31,35-38,40,46,48H,7,9-11,16-25,27H2,1-4H3/b6-5+,33-8-/t28-,29+,30-,31-,35+,36+,37-,38-,40+/m0/s1. The van der Waals surface area contributed by atoms with Crippen molar-refractivity contribution in [3.63, 3.8) is 0 Å². The smallest absolute Gasteiger partial charge is 0.309 e. The van der Waals surface area contributed by atoms with E-state index in [4.69, 9.17) is 9.47 Å². The number of nitriles is 1. The summed E-state index contributed by atoms with van der Waals surface area (Å²) in [6.07, 6.45) is 7.74. The second-order valence-electron chi connectivity index (χ2n) is 15.6. The van der Waals surface area contributed by atoms with Crippen molar-refractivity contribution >= 4 is 11.9 Å². The van der Waals surface area contributed by atoms with E-state index >= 15 is 0 Å². The van der Waals surface area contributed by atoms with Gasteiger partial charge in [0.25, 0.3) is 0 Å². The summed E-state index contributed by atoms with van der Waals surface area (Å²) in [7, 11) is 0. The second kappa shape index (κ2) is 20.2. The van der Waals surface area contributed by atoms with E-state index in [1.807, 2.05) is 32.1 Å². The molecule has 0 unspecified atom stereocenters. The third-order valence-corrected chi connectivity index (χ3v) is 11.2. The number of esters is 2. The summed E-state index contributed by atoms with van der Waals surface area (Å²) >= 11 is 0. The zero-order valence-corrected chi connectivity index (χ0v) is 31.1. The summed E-state index contributed by atoms with van der Waals surface area (Å²) in [6, 6.07) is 8.78. The highest BCUT2D eigenvalue weighted by atomic mass is 19.1. The fourth-order valence-corrected chi connectivity index (χ4v) is 8.35. The molecule has 1 saturated heterocycles. The molecule has 2 fully saturated rings. The normalized spacial score (nSPS) is 34.3. The maximum atomic E-state index is 13.4. The fourth-order valence-electron chi connectivity index (χ4n) is 8.35. The predicted molar refractivity (Wildman–Crippen MR) is 194 cm³/mol. The molecule has 9 atom stereocenters. The van der Waals surface area contributed by atoms with Crippen molar-refractivity contribution in [1.82, 2.24) is 9.80 Å². The lowest BCUT2D eigenvalue weighted by atomic mass is 9.82. The highest BCUT2D eigenvalue weighted by Gasteiger charge is 2.41. The SMILES string of the molecule is C[C@@H]1C[C@H](C)C[C@H](C)[C@@H](O)CC(=O)O[C@H]([C@@H]2CCC[C@H]2C(=O)OCCN2CCN(Cc3ccc(F)cc3)CC2)C/C=C/C=C(/C#N)[C@H](O)[C@@H](C)C1. The Bertz CT molecular complexity index is 1350. The largest absolute Gasteiger partial charge is 0.464 e. The summed E-state index contributed by atoms with van der Waals surface area (Å²) in [6.45, 7) is 13.4. The van der Waals surface area contributed by atoms with Crippen LogP contribution >= 0.6 is 0 Å². The molecule has 10 heteroatoms. The van der Waals surface area contributed by atoms with Gasteiger partial charge >= 0.3 is 11.9 Å². The summed E-state index contributed by atoms with van der Waals surface area (Å²) < 4.78 is 25.1. The maximum Gasteiger partial charge on any atom is 0.309 e. The van der Waals surface area contributed by atoms with Crippen LogP contribution in [0.15, 0.2) is 48.1 Å². The number of hydrogen-bond donors (Lipinski definition) is 2. The molecule has 1 aromatic rings. The minimum absolute atomic E-state index is 0.0928. The topological polar surface area (TPSA) is 123 Å². The Labute approximate surface area is 304 Å². The van der Waals surface area contributed by atoms with Gasteiger partial charge in [-0.25, -0.2) is 4.39 Å². The first kappa shape index (κ1) is 40.7. The average molecular weight is 710 g/mol. The molecule has 2 aliphatic heterocycles. The third kappa shape index (κ3) is 12.8. The van der Waals surface area contributed by atoms with Crippen LogP contribution in [-0.2, 0) is 25.6 Å².